The topological polar surface area (TPSA) is 63.9 Å². The molecule has 3 N–H and O–H groups in total. The number of aromatic nitrogens is 2. The number of nitrogens with one attached hydrogen (secondary N) is 1. The van der Waals surface area contributed by atoms with E-state index in [0.717, 1.165) is 11.0 Å². The molecular weight excluding hydrogens is 269 g/mol. The van der Waals surface area contributed by atoms with Gasteiger partial charge in [-0.25, -0.2) is 4.39 Å². The number of anilines is 1. The van der Waals surface area contributed by atoms with E-state index in [1.54, 1.807) is 18.2 Å². The molecule has 1 aromatic heterocycles. The van der Waals surface area contributed by atoms with E-state index in [4.69, 9.17) is 22.1 Å². The van der Waals surface area contributed by atoms with Crippen molar-refractivity contribution >= 4 is 28.3 Å². The van der Waals surface area contributed by atoms with E-state index >= 15 is 0 Å². The number of H-pyrrole nitrogens is 1. The zero-order valence-corrected chi connectivity index (χ0v) is 10.4. The fourth-order valence-electron chi connectivity index (χ4n) is 1.71. The Hall–Kier alpha value is -2.27. The Bertz CT molecular complexity index is 757. The summed E-state index contributed by atoms with van der Waals surface area (Å²) in [6, 6.07) is 9.44. The van der Waals surface area contributed by atoms with E-state index in [2.05, 4.69) is 9.97 Å². The van der Waals surface area contributed by atoms with Crippen molar-refractivity contribution in [2.75, 3.05) is 5.73 Å². The van der Waals surface area contributed by atoms with Gasteiger partial charge < -0.3 is 15.5 Å². The fraction of sp³-hybridized carbons (Fsp3) is 0. The molecule has 4 nitrogen and oxygen atoms in total. The van der Waals surface area contributed by atoms with E-state index in [1.807, 2.05) is 0 Å². The molecule has 96 valence electrons. The quantitative estimate of drug-likeness (QED) is 0.702. The third kappa shape index (κ3) is 2.32. The SMILES string of the molecule is Nc1ccc2nc(Oc3ccc(F)cc3Cl)[nH]c2c1. The molecule has 0 saturated heterocycles. The van der Waals surface area contributed by atoms with Crippen molar-refractivity contribution in [3.63, 3.8) is 0 Å². The number of hydrogen-bond donors (Lipinski definition) is 2. The molecule has 0 aliphatic carbocycles. The number of ether oxygens (including phenoxy) is 1. The normalized spacial score (nSPS) is 10.8. The molecule has 0 fully saturated rings. The molecule has 0 spiro atoms. The van der Waals surface area contributed by atoms with Crippen LogP contribution in [0.15, 0.2) is 36.4 Å². The molecule has 3 aromatic rings. The van der Waals surface area contributed by atoms with Crippen molar-refractivity contribution in [1.82, 2.24) is 9.97 Å². The summed E-state index contributed by atoms with van der Waals surface area (Å²) >= 11 is 5.88. The van der Waals surface area contributed by atoms with Gasteiger partial charge in [-0.15, -0.1) is 0 Å². The first-order valence-corrected chi connectivity index (χ1v) is 5.88. The van der Waals surface area contributed by atoms with Gasteiger partial charge >= 0.3 is 0 Å². The summed E-state index contributed by atoms with van der Waals surface area (Å²) in [4.78, 5) is 7.19. The van der Waals surface area contributed by atoms with Crippen molar-refractivity contribution < 1.29 is 9.13 Å². The van der Waals surface area contributed by atoms with Gasteiger partial charge in [0.2, 0.25) is 0 Å². The van der Waals surface area contributed by atoms with Crippen LogP contribution in [0, 0.1) is 5.82 Å². The number of halogens is 2. The lowest BCUT2D eigenvalue weighted by atomic mass is 10.3. The third-order valence-electron chi connectivity index (χ3n) is 2.58. The van der Waals surface area contributed by atoms with Gasteiger partial charge in [0.25, 0.3) is 6.01 Å². The standard InChI is InChI=1S/C13H9ClFN3O/c14-9-5-7(15)1-4-12(9)19-13-17-10-3-2-8(16)6-11(10)18-13/h1-6H,16H2,(H,17,18). The van der Waals surface area contributed by atoms with Gasteiger partial charge in [-0.05, 0) is 36.4 Å². The second kappa shape index (κ2) is 4.44. The Morgan fingerprint density at radius 3 is 2.84 bits per heavy atom. The summed E-state index contributed by atoms with van der Waals surface area (Å²) in [5, 5.41) is 0.181. The molecule has 0 atom stereocenters. The van der Waals surface area contributed by atoms with E-state index in [1.165, 1.54) is 18.2 Å². The van der Waals surface area contributed by atoms with Crippen molar-refractivity contribution in [2.24, 2.45) is 0 Å². The summed E-state index contributed by atoms with van der Waals surface area (Å²) in [6.45, 7) is 0. The van der Waals surface area contributed by atoms with Crippen LogP contribution in [0.25, 0.3) is 11.0 Å². The van der Waals surface area contributed by atoms with Gasteiger partial charge in [0.15, 0.2) is 0 Å². The highest BCUT2D eigenvalue weighted by molar-refractivity contribution is 6.32. The summed E-state index contributed by atoms with van der Waals surface area (Å²) in [5.74, 6) is -0.0928. The van der Waals surface area contributed by atoms with Crippen molar-refractivity contribution in [3.8, 4) is 11.8 Å². The van der Waals surface area contributed by atoms with E-state index in [-0.39, 0.29) is 11.0 Å². The summed E-state index contributed by atoms with van der Waals surface area (Å²) in [6.07, 6.45) is 0. The number of imidazole rings is 1. The third-order valence-corrected chi connectivity index (χ3v) is 2.88. The van der Waals surface area contributed by atoms with Gasteiger partial charge in [0.05, 0.1) is 16.1 Å². The highest BCUT2D eigenvalue weighted by atomic mass is 35.5. The maximum absolute atomic E-state index is 12.9. The Morgan fingerprint density at radius 2 is 2.05 bits per heavy atom. The molecule has 0 radical (unpaired) electrons. The lowest BCUT2D eigenvalue weighted by Crippen LogP contribution is -1.87. The number of nitrogens with two attached hydrogens (primary N) is 1. The molecule has 0 amide bonds. The first kappa shape index (κ1) is 11.8. The van der Waals surface area contributed by atoms with E-state index in [0.29, 0.717) is 11.4 Å². The fourth-order valence-corrected chi connectivity index (χ4v) is 1.92. The molecule has 0 saturated carbocycles. The number of nitrogen functional groups attached to an aromatic ring is 1. The lowest BCUT2D eigenvalue weighted by Gasteiger charge is -2.03. The molecule has 0 unspecified atom stereocenters. The number of nitrogens with zero attached hydrogens (tertiary/aromatic N) is 1. The van der Waals surface area contributed by atoms with E-state index in [9.17, 15) is 4.39 Å². The van der Waals surface area contributed by atoms with Crippen molar-refractivity contribution in [3.05, 3.63) is 47.2 Å². The van der Waals surface area contributed by atoms with Crippen LogP contribution in [0.4, 0.5) is 10.1 Å². The molecule has 0 aliphatic heterocycles. The monoisotopic (exact) mass is 277 g/mol. The minimum atomic E-state index is -0.422. The smallest absolute Gasteiger partial charge is 0.300 e. The number of hydrogen-bond acceptors (Lipinski definition) is 3. The van der Waals surface area contributed by atoms with Crippen LogP contribution in [0.1, 0.15) is 0 Å². The molecule has 0 aliphatic rings. The van der Waals surface area contributed by atoms with Crippen LogP contribution in [0.5, 0.6) is 11.8 Å². The van der Waals surface area contributed by atoms with Crippen molar-refractivity contribution in [1.29, 1.82) is 0 Å². The highest BCUT2D eigenvalue weighted by Crippen LogP contribution is 2.29. The number of aromatic amines is 1. The second-order valence-corrected chi connectivity index (χ2v) is 4.40. The average Bonchev–Trinajstić information content (AvgIpc) is 2.74. The molecule has 2 aromatic carbocycles. The maximum Gasteiger partial charge on any atom is 0.300 e. The Morgan fingerprint density at radius 1 is 1.21 bits per heavy atom. The molecule has 19 heavy (non-hydrogen) atoms. The second-order valence-electron chi connectivity index (χ2n) is 4.00. The zero-order valence-electron chi connectivity index (χ0n) is 9.65. The van der Waals surface area contributed by atoms with Gasteiger partial charge in [-0.3, -0.25) is 0 Å². The van der Waals surface area contributed by atoms with Crippen LogP contribution in [0.2, 0.25) is 5.02 Å². The summed E-state index contributed by atoms with van der Waals surface area (Å²) in [5.41, 5.74) is 7.78. The van der Waals surface area contributed by atoms with Crippen molar-refractivity contribution in [2.45, 2.75) is 0 Å². The zero-order chi connectivity index (χ0) is 13.4. The van der Waals surface area contributed by atoms with Crippen LogP contribution < -0.4 is 10.5 Å². The van der Waals surface area contributed by atoms with Crippen LogP contribution >= 0.6 is 11.6 Å². The predicted molar refractivity (Wildman–Crippen MR) is 72.0 cm³/mol. The van der Waals surface area contributed by atoms with Gasteiger partial charge in [0, 0.05) is 5.69 Å². The first-order chi connectivity index (χ1) is 9.11. The number of rotatable bonds is 2. The Balaban J connectivity index is 1.96. The summed E-state index contributed by atoms with van der Waals surface area (Å²) < 4.78 is 18.4. The predicted octanol–water partition coefficient (Wildman–Crippen LogP) is 3.73. The number of fused-ring (bicyclic) bond motifs is 1. The summed E-state index contributed by atoms with van der Waals surface area (Å²) in [7, 11) is 0. The minimum Gasteiger partial charge on any atom is -0.424 e. The number of benzene rings is 2. The molecular formula is C13H9ClFN3O. The van der Waals surface area contributed by atoms with E-state index < -0.39 is 5.82 Å². The largest absolute Gasteiger partial charge is 0.424 e. The first-order valence-electron chi connectivity index (χ1n) is 5.50. The molecule has 3 rings (SSSR count). The van der Waals surface area contributed by atoms with Gasteiger partial charge in [-0.2, -0.15) is 4.98 Å². The Labute approximate surface area is 113 Å². The van der Waals surface area contributed by atoms with Gasteiger partial charge in [0.1, 0.15) is 11.6 Å². The molecule has 1 heterocycles. The molecule has 6 heteroatoms. The minimum absolute atomic E-state index is 0.181. The van der Waals surface area contributed by atoms with Crippen LogP contribution in [-0.2, 0) is 0 Å². The Kier molecular flexibility index (Phi) is 2.76. The van der Waals surface area contributed by atoms with Crippen LogP contribution in [0.3, 0.4) is 0 Å². The highest BCUT2D eigenvalue weighted by Gasteiger charge is 2.08. The maximum atomic E-state index is 12.9. The lowest BCUT2D eigenvalue weighted by molar-refractivity contribution is 0.448. The average molecular weight is 278 g/mol. The molecule has 0 bridgehead atoms. The van der Waals surface area contributed by atoms with Crippen LogP contribution in [-0.4, -0.2) is 9.97 Å². The van der Waals surface area contributed by atoms with Gasteiger partial charge in [-0.1, -0.05) is 11.6 Å².